The third-order valence-electron chi connectivity index (χ3n) is 4.24. The van der Waals surface area contributed by atoms with Gasteiger partial charge in [0.1, 0.15) is 17.4 Å². The van der Waals surface area contributed by atoms with Crippen LogP contribution in [0.15, 0.2) is 67.9 Å². The van der Waals surface area contributed by atoms with E-state index in [0.29, 0.717) is 11.4 Å². The lowest BCUT2D eigenvalue weighted by molar-refractivity contribution is -0.111. The molecule has 28 heavy (non-hydrogen) atoms. The predicted octanol–water partition coefficient (Wildman–Crippen LogP) is 3.68. The van der Waals surface area contributed by atoms with E-state index in [1.54, 1.807) is 30.9 Å². The summed E-state index contributed by atoms with van der Waals surface area (Å²) in [4.78, 5) is 27.4. The molecule has 4 aromatic heterocycles. The largest absolute Gasteiger partial charge is 0.346 e. The highest BCUT2D eigenvalue weighted by Crippen LogP contribution is 2.31. The number of carbonyl (C=O) groups is 1. The summed E-state index contributed by atoms with van der Waals surface area (Å²) in [5.74, 6) is -0.300. The first-order valence-corrected chi connectivity index (χ1v) is 8.40. The molecule has 2 N–H and O–H groups in total. The highest BCUT2D eigenvalue weighted by Gasteiger charge is 2.11. The van der Waals surface area contributed by atoms with Crippen LogP contribution in [0.3, 0.4) is 0 Å². The molecule has 4 heterocycles. The monoisotopic (exact) mass is 366 g/mol. The molecule has 7 heteroatoms. The van der Waals surface area contributed by atoms with E-state index in [4.69, 9.17) is 5.26 Å². The van der Waals surface area contributed by atoms with Crippen molar-refractivity contribution < 1.29 is 4.79 Å². The fourth-order valence-corrected chi connectivity index (χ4v) is 2.92. The Morgan fingerprint density at radius 3 is 2.82 bits per heavy atom. The van der Waals surface area contributed by atoms with Gasteiger partial charge in [-0.15, -0.1) is 0 Å². The average molecular weight is 366 g/mol. The Bertz CT molecular complexity index is 1250. The van der Waals surface area contributed by atoms with E-state index < -0.39 is 0 Å². The summed E-state index contributed by atoms with van der Waals surface area (Å²) in [6, 6.07) is 9.46. The highest BCUT2D eigenvalue weighted by molar-refractivity contribution is 5.99. The maximum absolute atomic E-state index is 11.5. The van der Waals surface area contributed by atoms with Gasteiger partial charge in [0.15, 0.2) is 0 Å². The summed E-state index contributed by atoms with van der Waals surface area (Å²) in [5.41, 5.74) is 5.13. The SMILES string of the molecule is C=CC(=O)Nc1cncc(-c2cnc3[nH]cc(-c4ccnc(C#N)c4)c3c2)c1. The van der Waals surface area contributed by atoms with Crippen LogP contribution < -0.4 is 5.32 Å². The Kier molecular flexibility index (Phi) is 4.36. The normalized spacial score (nSPS) is 10.4. The highest BCUT2D eigenvalue weighted by atomic mass is 16.1. The van der Waals surface area contributed by atoms with Crippen LogP contribution in [0, 0.1) is 11.3 Å². The van der Waals surface area contributed by atoms with Crippen LogP contribution in [0.2, 0.25) is 0 Å². The van der Waals surface area contributed by atoms with Crippen LogP contribution in [0.1, 0.15) is 5.69 Å². The summed E-state index contributed by atoms with van der Waals surface area (Å²) in [5, 5.41) is 12.7. The van der Waals surface area contributed by atoms with Crippen LogP contribution in [-0.4, -0.2) is 25.8 Å². The molecule has 0 aliphatic carbocycles. The van der Waals surface area contributed by atoms with Gasteiger partial charge in [0.2, 0.25) is 5.91 Å². The Balaban J connectivity index is 1.78. The van der Waals surface area contributed by atoms with Crippen molar-refractivity contribution >= 4 is 22.6 Å². The quantitative estimate of drug-likeness (QED) is 0.536. The number of H-pyrrole nitrogens is 1. The number of amides is 1. The standard InChI is InChI=1S/C21H14N6O/c1-2-20(28)27-17-6-14(9-23-11-17)15-7-18-19(12-26-21(18)25-10-15)13-3-4-24-16(5-13)8-22/h2-7,9-12H,1H2,(H,25,26)(H,27,28). The summed E-state index contributed by atoms with van der Waals surface area (Å²) in [6.07, 6.45) is 9.69. The van der Waals surface area contributed by atoms with Crippen molar-refractivity contribution in [1.29, 1.82) is 5.26 Å². The molecule has 0 spiro atoms. The molecule has 1 amide bonds. The van der Waals surface area contributed by atoms with Crippen molar-refractivity contribution in [2.75, 3.05) is 5.32 Å². The van der Waals surface area contributed by atoms with Gasteiger partial charge in [-0.1, -0.05) is 6.58 Å². The molecule has 0 aromatic carbocycles. The number of nitrogens with one attached hydrogen (secondary N) is 2. The molecular weight excluding hydrogens is 352 g/mol. The van der Waals surface area contributed by atoms with Crippen molar-refractivity contribution in [3.8, 4) is 28.3 Å². The van der Waals surface area contributed by atoms with Crippen LogP contribution in [0.5, 0.6) is 0 Å². The minimum Gasteiger partial charge on any atom is -0.346 e. The average Bonchev–Trinajstić information content (AvgIpc) is 3.17. The van der Waals surface area contributed by atoms with Gasteiger partial charge in [0.25, 0.3) is 0 Å². The van der Waals surface area contributed by atoms with Gasteiger partial charge in [-0.3, -0.25) is 9.78 Å². The lowest BCUT2D eigenvalue weighted by Gasteiger charge is -2.06. The Labute approximate surface area is 160 Å². The zero-order valence-electron chi connectivity index (χ0n) is 14.7. The number of hydrogen-bond acceptors (Lipinski definition) is 5. The van der Waals surface area contributed by atoms with Crippen LogP contribution in [-0.2, 0) is 4.79 Å². The van der Waals surface area contributed by atoms with E-state index >= 15 is 0 Å². The van der Waals surface area contributed by atoms with E-state index in [-0.39, 0.29) is 5.91 Å². The Morgan fingerprint density at radius 2 is 2.00 bits per heavy atom. The molecule has 4 aromatic rings. The topological polar surface area (TPSA) is 107 Å². The molecule has 7 nitrogen and oxygen atoms in total. The second kappa shape index (κ2) is 7.13. The molecule has 0 fully saturated rings. The maximum Gasteiger partial charge on any atom is 0.247 e. The van der Waals surface area contributed by atoms with Gasteiger partial charge in [0.05, 0.1) is 11.9 Å². The zero-order valence-corrected chi connectivity index (χ0v) is 14.7. The minimum atomic E-state index is -0.300. The van der Waals surface area contributed by atoms with E-state index in [1.807, 2.05) is 24.4 Å². The molecule has 0 aliphatic rings. The number of pyridine rings is 3. The fraction of sp³-hybridized carbons (Fsp3) is 0. The van der Waals surface area contributed by atoms with E-state index in [0.717, 1.165) is 33.3 Å². The number of hydrogen-bond donors (Lipinski definition) is 2. The molecule has 0 unspecified atom stereocenters. The third-order valence-corrected chi connectivity index (χ3v) is 4.24. The van der Waals surface area contributed by atoms with Crippen LogP contribution in [0.4, 0.5) is 5.69 Å². The van der Waals surface area contributed by atoms with E-state index in [1.165, 1.54) is 6.08 Å². The number of fused-ring (bicyclic) bond motifs is 1. The lowest BCUT2D eigenvalue weighted by Crippen LogP contribution is -2.07. The summed E-state index contributed by atoms with van der Waals surface area (Å²) in [6.45, 7) is 3.45. The molecule has 0 saturated carbocycles. The second-order valence-electron chi connectivity index (χ2n) is 6.02. The Hall–Kier alpha value is -4.31. The van der Waals surface area contributed by atoms with Crippen LogP contribution >= 0.6 is 0 Å². The number of nitrogens with zero attached hydrogens (tertiary/aromatic N) is 4. The molecule has 0 saturated heterocycles. The molecule has 0 bridgehead atoms. The number of aromatic nitrogens is 4. The molecular formula is C21H14N6O. The summed E-state index contributed by atoms with van der Waals surface area (Å²) in [7, 11) is 0. The summed E-state index contributed by atoms with van der Waals surface area (Å²) >= 11 is 0. The first kappa shape index (κ1) is 17.1. The molecule has 0 aliphatic heterocycles. The zero-order chi connectivity index (χ0) is 19.5. The first-order chi connectivity index (χ1) is 13.7. The molecule has 4 rings (SSSR count). The number of anilines is 1. The molecule has 0 atom stereocenters. The summed E-state index contributed by atoms with van der Waals surface area (Å²) < 4.78 is 0. The second-order valence-corrected chi connectivity index (χ2v) is 6.02. The first-order valence-electron chi connectivity index (χ1n) is 8.40. The minimum absolute atomic E-state index is 0.300. The van der Waals surface area contributed by atoms with Crippen molar-refractivity contribution in [3.63, 3.8) is 0 Å². The van der Waals surface area contributed by atoms with E-state index in [9.17, 15) is 4.79 Å². The van der Waals surface area contributed by atoms with Gasteiger partial charge in [-0.2, -0.15) is 5.26 Å². The molecule has 0 radical (unpaired) electrons. The smallest absolute Gasteiger partial charge is 0.247 e. The van der Waals surface area contributed by atoms with E-state index in [2.05, 4.69) is 37.9 Å². The lowest BCUT2D eigenvalue weighted by atomic mass is 10.0. The van der Waals surface area contributed by atoms with Gasteiger partial charge in [-0.05, 0) is 35.9 Å². The van der Waals surface area contributed by atoms with Crippen molar-refractivity contribution in [3.05, 3.63) is 73.6 Å². The van der Waals surface area contributed by atoms with Gasteiger partial charge in [-0.25, -0.2) is 9.97 Å². The number of aromatic amines is 1. The Morgan fingerprint density at radius 1 is 1.14 bits per heavy atom. The fourth-order valence-electron chi connectivity index (χ4n) is 2.92. The van der Waals surface area contributed by atoms with Crippen molar-refractivity contribution in [2.45, 2.75) is 0 Å². The number of rotatable bonds is 4. The van der Waals surface area contributed by atoms with Gasteiger partial charge < -0.3 is 10.3 Å². The number of nitriles is 1. The maximum atomic E-state index is 11.5. The van der Waals surface area contributed by atoms with Crippen molar-refractivity contribution in [1.82, 2.24) is 19.9 Å². The predicted molar refractivity (Wildman–Crippen MR) is 106 cm³/mol. The third kappa shape index (κ3) is 3.22. The number of carbonyl (C=O) groups excluding carboxylic acids is 1. The van der Waals surface area contributed by atoms with Gasteiger partial charge >= 0.3 is 0 Å². The van der Waals surface area contributed by atoms with Gasteiger partial charge in [0, 0.05) is 46.9 Å². The van der Waals surface area contributed by atoms with Crippen LogP contribution in [0.25, 0.3) is 33.3 Å². The molecule has 134 valence electrons. The van der Waals surface area contributed by atoms with Crippen molar-refractivity contribution in [2.24, 2.45) is 0 Å².